The van der Waals surface area contributed by atoms with Gasteiger partial charge in [0.25, 0.3) is 0 Å². The third-order valence-corrected chi connectivity index (χ3v) is 2.54. The second-order valence-electron chi connectivity index (χ2n) is 2.95. The topological polar surface area (TPSA) is 66.8 Å². The van der Waals surface area contributed by atoms with Gasteiger partial charge in [0, 0.05) is 0 Å². The first-order chi connectivity index (χ1) is 5.03. The molecule has 0 aliphatic heterocycles. The first-order valence-electron chi connectivity index (χ1n) is 3.73. The summed E-state index contributed by atoms with van der Waals surface area (Å²) in [4.78, 5) is 16.7. The van der Waals surface area contributed by atoms with E-state index in [1.165, 1.54) is 0 Å². The van der Waals surface area contributed by atoms with Crippen LogP contribution >= 0.6 is 7.82 Å². The lowest BCUT2D eigenvalue weighted by Gasteiger charge is -2.03. The average Bonchev–Trinajstić information content (AvgIpc) is 2.60. The highest BCUT2D eigenvalue weighted by molar-refractivity contribution is 7.46. The third-order valence-electron chi connectivity index (χ3n) is 2.05. The summed E-state index contributed by atoms with van der Waals surface area (Å²) >= 11 is 0. The van der Waals surface area contributed by atoms with Gasteiger partial charge < -0.3 is 9.79 Å². The van der Waals surface area contributed by atoms with E-state index < -0.39 is 7.82 Å². The van der Waals surface area contributed by atoms with Crippen LogP contribution in [0, 0.1) is 11.8 Å². The predicted molar refractivity (Wildman–Crippen MR) is 39.9 cm³/mol. The maximum atomic E-state index is 10.2. The van der Waals surface area contributed by atoms with Crippen LogP contribution in [0.4, 0.5) is 0 Å². The average molecular weight is 180 g/mol. The second kappa shape index (κ2) is 3.23. The van der Waals surface area contributed by atoms with Gasteiger partial charge in [0.1, 0.15) is 0 Å². The Morgan fingerprint density at radius 2 is 2.18 bits per heavy atom. The molecule has 0 aromatic rings. The van der Waals surface area contributed by atoms with Gasteiger partial charge in [-0.05, 0) is 18.3 Å². The van der Waals surface area contributed by atoms with Gasteiger partial charge in [-0.15, -0.1) is 0 Å². The summed E-state index contributed by atoms with van der Waals surface area (Å²) in [6.07, 6.45) is 2.13. The van der Waals surface area contributed by atoms with Crippen molar-refractivity contribution in [3.8, 4) is 0 Å². The van der Waals surface area contributed by atoms with Crippen molar-refractivity contribution in [1.82, 2.24) is 0 Å². The van der Waals surface area contributed by atoms with Crippen molar-refractivity contribution >= 4 is 7.82 Å². The minimum Gasteiger partial charge on any atom is -0.303 e. The zero-order valence-electron chi connectivity index (χ0n) is 6.43. The lowest BCUT2D eigenvalue weighted by atomic mass is 10.3. The zero-order valence-corrected chi connectivity index (χ0v) is 7.33. The molecule has 0 aromatic heterocycles. The Morgan fingerprint density at radius 3 is 2.55 bits per heavy atom. The monoisotopic (exact) mass is 180 g/mol. The van der Waals surface area contributed by atoms with Crippen LogP contribution < -0.4 is 0 Å². The van der Waals surface area contributed by atoms with Crippen LogP contribution in [0.15, 0.2) is 0 Å². The SMILES string of the molecule is CCC1CC1COP(=O)(O)O. The largest absolute Gasteiger partial charge is 0.469 e. The quantitative estimate of drug-likeness (QED) is 0.636. The highest BCUT2D eigenvalue weighted by Crippen LogP contribution is 2.45. The van der Waals surface area contributed by atoms with Crippen LogP contribution in [-0.2, 0) is 9.09 Å². The van der Waals surface area contributed by atoms with E-state index in [0.29, 0.717) is 11.8 Å². The molecule has 1 rings (SSSR count). The smallest absolute Gasteiger partial charge is 0.303 e. The minimum atomic E-state index is -4.22. The van der Waals surface area contributed by atoms with Gasteiger partial charge in [0.05, 0.1) is 6.61 Å². The van der Waals surface area contributed by atoms with E-state index in [-0.39, 0.29) is 6.61 Å². The Bertz CT molecular complexity index is 175. The fraction of sp³-hybridized carbons (Fsp3) is 1.00. The fourth-order valence-corrected chi connectivity index (χ4v) is 1.59. The zero-order chi connectivity index (χ0) is 8.48. The molecule has 0 radical (unpaired) electrons. The van der Waals surface area contributed by atoms with Gasteiger partial charge in [-0.3, -0.25) is 4.52 Å². The summed E-state index contributed by atoms with van der Waals surface area (Å²) in [6.45, 7) is 2.28. The number of phosphoric acid groups is 1. The highest BCUT2D eigenvalue weighted by Gasteiger charge is 2.36. The van der Waals surface area contributed by atoms with Crippen LogP contribution in [0.5, 0.6) is 0 Å². The molecule has 0 spiro atoms. The first-order valence-corrected chi connectivity index (χ1v) is 5.26. The van der Waals surface area contributed by atoms with E-state index in [2.05, 4.69) is 11.4 Å². The Morgan fingerprint density at radius 1 is 1.55 bits per heavy atom. The molecule has 11 heavy (non-hydrogen) atoms. The maximum absolute atomic E-state index is 10.2. The number of hydrogen-bond donors (Lipinski definition) is 2. The van der Waals surface area contributed by atoms with Crippen LogP contribution in [0.2, 0.25) is 0 Å². The van der Waals surface area contributed by atoms with Gasteiger partial charge >= 0.3 is 7.82 Å². The van der Waals surface area contributed by atoms with E-state index in [9.17, 15) is 4.57 Å². The van der Waals surface area contributed by atoms with E-state index in [1.807, 2.05) is 0 Å². The summed E-state index contributed by atoms with van der Waals surface area (Å²) in [5.74, 6) is 1.01. The molecule has 5 heteroatoms. The summed E-state index contributed by atoms with van der Waals surface area (Å²) < 4.78 is 14.6. The van der Waals surface area contributed by atoms with Gasteiger partial charge in [-0.1, -0.05) is 13.3 Å². The molecular formula is C6H13O4P. The Kier molecular flexibility index (Phi) is 2.70. The van der Waals surface area contributed by atoms with Gasteiger partial charge in [0.15, 0.2) is 0 Å². The molecule has 4 nitrogen and oxygen atoms in total. The Labute approximate surface area is 65.8 Å². The van der Waals surface area contributed by atoms with Crippen molar-refractivity contribution < 1.29 is 18.9 Å². The predicted octanol–water partition coefficient (Wildman–Crippen LogP) is 1.14. The van der Waals surface area contributed by atoms with Crippen LogP contribution in [0.3, 0.4) is 0 Å². The third kappa shape index (κ3) is 3.34. The molecule has 1 aliphatic rings. The molecule has 1 saturated carbocycles. The molecule has 0 aromatic carbocycles. The standard InChI is InChI=1S/C6H13O4P/c1-2-5-3-6(5)4-10-11(7,8)9/h5-6H,2-4H2,1H3,(H2,7,8,9). The normalized spacial score (nSPS) is 30.5. The number of hydrogen-bond acceptors (Lipinski definition) is 2. The summed E-state index contributed by atoms with van der Waals surface area (Å²) in [7, 11) is -4.22. The second-order valence-corrected chi connectivity index (χ2v) is 4.19. The van der Waals surface area contributed by atoms with Crippen molar-refractivity contribution in [2.45, 2.75) is 19.8 Å². The Balaban J connectivity index is 2.11. The molecular weight excluding hydrogens is 167 g/mol. The van der Waals surface area contributed by atoms with Crippen LogP contribution in [-0.4, -0.2) is 16.4 Å². The van der Waals surface area contributed by atoms with Crippen LogP contribution in [0.25, 0.3) is 0 Å². The highest BCUT2D eigenvalue weighted by atomic mass is 31.2. The molecule has 0 amide bonds. The van der Waals surface area contributed by atoms with E-state index in [0.717, 1.165) is 12.8 Å². The van der Waals surface area contributed by atoms with Crippen molar-refractivity contribution in [3.05, 3.63) is 0 Å². The Hall–Kier alpha value is 0.110. The molecule has 2 unspecified atom stereocenters. The van der Waals surface area contributed by atoms with Crippen LogP contribution in [0.1, 0.15) is 19.8 Å². The lowest BCUT2D eigenvalue weighted by molar-refractivity contribution is 0.186. The molecule has 1 fully saturated rings. The van der Waals surface area contributed by atoms with Gasteiger partial charge in [-0.2, -0.15) is 0 Å². The van der Waals surface area contributed by atoms with Crippen molar-refractivity contribution in [3.63, 3.8) is 0 Å². The van der Waals surface area contributed by atoms with Crippen molar-refractivity contribution in [2.75, 3.05) is 6.61 Å². The fourth-order valence-electron chi connectivity index (χ4n) is 1.21. The molecule has 2 atom stereocenters. The van der Waals surface area contributed by atoms with Gasteiger partial charge in [0.2, 0.25) is 0 Å². The lowest BCUT2D eigenvalue weighted by Crippen LogP contribution is -1.95. The van der Waals surface area contributed by atoms with E-state index in [4.69, 9.17) is 9.79 Å². The molecule has 2 N–H and O–H groups in total. The maximum Gasteiger partial charge on any atom is 0.469 e. The minimum absolute atomic E-state index is 0.211. The summed E-state index contributed by atoms with van der Waals surface area (Å²) in [5.41, 5.74) is 0. The number of phosphoric ester groups is 1. The molecule has 66 valence electrons. The first kappa shape index (κ1) is 9.20. The van der Waals surface area contributed by atoms with E-state index in [1.54, 1.807) is 0 Å². The summed E-state index contributed by atoms with van der Waals surface area (Å²) in [6, 6.07) is 0. The number of rotatable bonds is 4. The molecule has 0 saturated heterocycles. The molecule has 1 aliphatic carbocycles. The molecule has 0 bridgehead atoms. The summed E-state index contributed by atoms with van der Waals surface area (Å²) in [5, 5.41) is 0. The van der Waals surface area contributed by atoms with Crippen molar-refractivity contribution in [2.24, 2.45) is 11.8 Å². The van der Waals surface area contributed by atoms with Crippen molar-refractivity contribution in [1.29, 1.82) is 0 Å². The molecule has 0 heterocycles. The van der Waals surface area contributed by atoms with Gasteiger partial charge in [-0.25, -0.2) is 4.57 Å². The van der Waals surface area contributed by atoms with E-state index >= 15 is 0 Å².